The zero-order valence-corrected chi connectivity index (χ0v) is 12.1. The third-order valence-corrected chi connectivity index (χ3v) is 4.93. The molecule has 0 unspecified atom stereocenters. The van der Waals surface area contributed by atoms with Crippen molar-refractivity contribution in [2.24, 2.45) is 5.92 Å². The smallest absolute Gasteiger partial charge is 0.169 e. The van der Waals surface area contributed by atoms with Gasteiger partial charge in [-0.2, -0.15) is 0 Å². The van der Waals surface area contributed by atoms with E-state index in [-0.39, 0.29) is 24.2 Å². The molecule has 0 radical (unpaired) electrons. The number of carbonyl (C=O) groups excluding carboxylic acids is 1. The fourth-order valence-corrected chi connectivity index (χ4v) is 3.80. The number of fused-ring (bicyclic) bond motifs is 1. The Hall–Kier alpha value is -0.710. The standard InChI is InChI=1S/C16H24O4/c1-3-7-12-11(2)14-15(13(10-17)18-12)20-16(19-14)8-5-4-6-9-16/h3,10-15H,1,4-9H2,2H3/t11-,12-,13-,14-,15+/m0/s1. The normalized spacial score (nSPS) is 43.1. The van der Waals surface area contributed by atoms with Gasteiger partial charge in [0.2, 0.25) is 0 Å². The Morgan fingerprint density at radius 3 is 2.55 bits per heavy atom. The maximum atomic E-state index is 11.3. The second kappa shape index (κ2) is 5.58. The van der Waals surface area contributed by atoms with Crippen LogP contribution in [0.3, 0.4) is 0 Å². The van der Waals surface area contributed by atoms with E-state index in [4.69, 9.17) is 14.2 Å². The van der Waals surface area contributed by atoms with E-state index in [2.05, 4.69) is 13.5 Å². The molecule has 1 saturated carbocycles. The summed E-state index contributed by atoms with van der Waals surface area (Å²) in [7, 11) is 0. The molecule has 0 aromatic heterocycles. The molecule has 0 aromatic carbocycles. The Labute approximate surface area is 120 Å². The third kappa shape index (κ3) is 2.34. The first-order valence-electron chi connectivity index (χ1n) is 7.76. The molecule has 2 aliphatic heterocycles. The number of ether oxygens (including phenoxy) is 3. The van der Waals surface area contributed by atoms with Gasteiger partial charge in [-0.05, 0) is 19.3 Å². The van der Waals surface area contributed by atoms with Crippen molar-refractivity contribution in [3.05, 3.63) is 12.7 Å². The van der Waals surface area contributed by atoms with Gasteiger partial charge >= 0.3 is 0 Å². The number of aldehydes is 1. The summed E-state index contributed by atoms with van der Waals surface area (Å²) in [5.74, 6) is -0.245. The van der Waals surface area contributed by atoms with Crippen LogP contribution in [0.2, 0.25) is 0 Å². The van der Waals surface area contributed by atoms with Gasteiger partial charge in [0.1, 0.15) is 12.2 Å². The van der Waals surface area contributed by atoms with Gasteiger partial charge in [0.25, 0.3) is 0 Å². The fraction of sp³-hybridized carbons (Fsp3) is 0.812. The summed E-state index contributed by atoms with van der Waals surface area (Å²) in [6, 6.07) is 0. The van der Waals surface area contributed by atoms with Gasteiger partial charge in [-0.25, -0.2) is 0 Å². The molecule has 0 N–H and O–H groups in total. The summed E-state index contributed by atoms with van der Waals surface area (Å²) < 4.78 is 18.4. The minimum absolute atomic E-state index is 0.00806. The molecule has 0 aromatic rings. The topological polar surface area (TPSA) is 44.8 Å². The van der Waals surface area contributed by atoms with Gasteiger partial charge in [-0.3, -0.25) is 0 Å². The van der Waals surface area contributed by atoms with Gasteiger partial charge in [0.15, 0.2) is 12.1 Å². The quantitative estimate of drug-likeness (QED) is 0.589. The summed E-state index contributed by atoms with van der Waals surface area (Å²) in [5.41, 5.74) is 0. The molecule has 20 heavy (non-hydrogen) atoms. The highest BCUT2D eigenvalue weighted by Crippen LogP contribution is 2.46. The van der Waals surface area contributed by atoms with Crippen molar-refractivity contribution in [2.45, 2.75) is 75.7 Å². The SMILES string of the molecule is C=CC[C@@H]1O[C@@H](C=O)[C@H]2OC3(CCCCC3)O[C@H]2[C@H]1C. The Morgan fingerprint density at radius 2 is 1.90 bits per heavy atom. The molecule has 2 heterocycles. The van der Waals surface area contributed by atoms with Crippen LogP contribution < -0.4 is 0 Å². The number of hydrogen-bond donors (Lipinski definition) is 0. The van der Waals surface area contributed by atoms with E-state index < -0.39 is 11.9 Å². The zero-order chi connectivity index (χ0) is 14.2. The van der Waals surface area contributed by atoms with E-state index in [1.54, 1.807) is 0 Å². The lowest BCUT2D eigenvalue weighted by molar-refractivity contribution is -0.198. The molecule has 1 spiro atoms. The minimum Gasteiger partial charge on any atom is -0.364 e. The van der Waals surface area contributed by atoms with Gasteiger partial charge in [0, 0.05) is 18.8 Å². The maximum absolute atomic E-state index is 11.3. The highest BCUT2D eigenvalue weighted by Gasteiger charge is 2.56. The predicted molar refractivity (Wildman–Crippen MR) is 74.3 cm³/mol. The molecule has 5 atom stereocenters. The molecule has 3 fully saturated rings. The third-order valence-electron chi connectivity index (χ3n) is 4.93. The first-order chi connectivity index (χ1) is 9.69. The molecule has 4 nitrogen and oxygen atoms in total. The maximum Gasteiger partial charge on any atom is 0.169 e. The largest absolute Gasteiger partial charge is 0.364 e. The van der Waals surface area contributed by atoms with Crippen LogP contribution >= 0.6 is 0 Å². The molecule has 2 saturated heterocycles. The average molecular weight is 280 g/mol. The van der Waals surface area contributed by atoms with E-state index in [9.17, 15) is 4.79 Å². The van der Waals surface area contributed by atoms with Crippen LogP contribution in [0, 0.1) is 5.92 Å². The van der Waals surface area contributed by atoms with Gasteiger partial charge in [-0.1, -0.05) is 19.4 Å². The second-order valence-electron chi connectivity index (χ2n) is 6.30. The number of hydrogen-bond acceptors (Lipinski definition) is 4. The van der Waals surface area contributed by atoms with Crippen molar-refractivity contribution >= 4 is 6.29 Å². The Kier molecular flexibility index (Phi) is 3.98. The summed E-state index contributed by atoms with van der Waals surface area (Å²) in [6.45, 7) is 5.89. The van der Waals surface area contributed by atoms with E-state index in [0.29, 0.717) is 0 Å². The fourth-order valence-electron chi connectivity index (χ4n) is 3.80. The molecule has 3 aliphatic rings. The van der Waals surface area contributed by atoms with Crippen molar-refractivity contribution in [1.29, 1.82) is 0 Å². The average Bonchev–Trinajstić information content (AvgIpc) is 2.82. The summed E-state index contributed by atoms with van der Waals surface area (Å²) in [4.78, 5) is 11.3. The predicted octanol–water partition coefficient (Wildman–Crippen LogP) is 2.61. The van der Waals surface area contributed by atoms with Crippen LogP contribution in [0.1, 0.15) is 45.4 Å². The molecule has 4 heteroatoms. The molecule has 1 aliphatic carbocycles. The van der Waals surface area contributed by atoms with E-state index >= 15 is 0 Å². The van der Waals surface area contributed by atoms with E-state index in [1.807, 2.05) is 6.08 Å². The Morgan fingerprint density at radius 1 is 1.20 bits per heavy atom. The monoisotopic (exact) mass is 280 g/mol. The van der Waals surface area contributed by atoms with Crippen LogP contribution in [-0.2, 0) is 19.0 Å². The summed E-state index contributed by atoms with van der Waals surface area (Å²) >= 11 is 0. The Balaban J connectivity index is 1.80. The van der Waals surface area contributed by atoms with Gasteiger partial charge < -0.3 is 19.0 Å². The van der Waals surface area contributed by atoms with E-state index in [0.717, 1.165) is 38.4 Å². The highest BCUT2D eigenvalue weighted by molar-refractivity contribution is 5.58. The lowest BCUT2D eigenvalue weighted by Crippen LogP contribution is -2.52. The first-order valence-corrected chi connectivity index (χ1v) is 7.76. The molecule has 0 bridgehead atoms. The molecular weight excluding hydrogens is 256 g/mol. The zero-order valence-electron chi connectivity index (χ0n) is 12.1. The van der Waals surface area contributed by atoms with Crippen molar-refractivity contribution in [3.63, 3.8) is 0 Å². The van der Waals surface area contributed by atoms with Crippen LogP contribution in [-0.4, -0.2) is 36.5 Å². The van der Waals surface area contributed by atoms with Crippen LogP contribution in [0.4, 0.5) is 0 Å². The van der Waals surface area contributed by atoms with Crippen LogP contribution in [0.5, 0.6) is 0 Å². The summed E-state index contributed by atoms with van der Waals surface area (Å²) in [6.07, 6.45) is 8.02. The number of rotatable bonds is 3. The van der Waals surface area contributed by atoms with Crippen molar-refractivity contribution in [2.75, 3.05) is 0 Å². The lowest BCUT2D eigenvalue weighted by Gasteiger charge is -2.38. The van der Waals surface area contributed by atoms with Crippen LogP contribution in [0.15, 0.2) is 12.7 Å². The molecular formula is C16H24O4. The minimum atomic E-state index is -0.512. The van der Waals surface area contributed by atoms with Crippen molar-refractivity contribution < 1.29 is 19.0 Å². The van der Waals surface area contributed by atoms with Crippen molar-refractivity contribution in [3.8, 4) is 0 Å². The lowest BCUT2D eigenvalue weighted by atomic mass is 9.87. The first kappa shape index (κ1) is 14.2. The molecule has 3 rings (SSSR count). The van der Waals surface area contributed by atoms with Gasteiger partial charge in [0.05, 0.1) is 12.2 Å². The summed E-state index contributed by atoms with van der Waals surface area (Å²) in [5, 5.41) is 0. The number of carbonyl (C=O) groups is 1. The molecule has 0 amide bonds. The highest BCUT2D eigenvalue weighted by atomic mass is 16.8. The molecule has 112 valence electrons. The second-order valence-corrected chi connectivity index (χ2v) is 6.30. The van der Waals surface area contributed by atoms with Crippen LogP contribution in [0.25, 0.3) is 0 Å². The Bertz CT molecular complexity index is 375. The van der Waals surface area contributed by atoms with Gasteiger partial charge in [-0.15, -0.1) is 6.58 Å². The van der Waals surface area contributed by atoms with Crippen molar-refractivity contribution in [1.82, 2.24) is 0 Å². The van der Waals surface area contributed by atoms with E-state index in [1.165, 1.54) is 6.42 Å².